The number of likely N-dealkylation sites (tertiary alicyclic amines) is 2. The number of carbonyl (C=O) groups is 1. The lowest BCUT2D eigenvalue weighted by atomic mass is 9.95. The van der Waals surface area contributed by atoms with Gasteiger partial charge in [-0.1, -0.05) is 0 Å². The molecule has 0 spiro atoms. The lowest BCUT2D eigenvalue weighted by Crippen LogP contribution is -2.52. The van der Waals surface area contributed by atoms with Gasteiger partial charge in [0.15, 0.2) is 0 Å². The molecule has 2 aromatic rings. The second-order valence-corrected chi connectivity index (χ2v) is 8.79. The minimum Gasteiger partial charge on any atom is -0.497 e. The van der Waals surface area contributed by atoms with Gasteiger partial charge in [-0.15, -0.1) is 0 Å². The number of amides is 2. The van der Waals surface area contributed by atoms with Crippen LogP contribution >= 0.6 is 0 Å². The molecule has 2 aliphatic heterocycles. The van der Waals surface area contributed by atoms with Gasteiger partial charge in [0, 0.05) is 49.4 Å². The number of urea groups is 1. The Hall–Kier alpha value is -2.67. The second-order valence-electron chi connectivity index (χ2n) is 8.79. The van der Waals surface area contributed by atoms with E-state index >= 15 is 0 Å². The number of piperidine rings is 2. The van der Waals surface area contributed by atoms with Crippen molar-refractivity contribution in [2.24, 2.45) is 0 Å². The third-order valence-corrected chi connectivity index (χ3v) is 6.74. The van der Waals surface area contributed by atoms with Crippen molar-refractivity contribution >= 4 is 6.03 Å². The van der Waals surface area contributed by atoms with Crippen LogP contribution in [-0.4, -0.2) is 71.7 Å². The monoisotopic (exact) mass is 423 g/mol. The summed E-state index contributed by atoms with van der Waals surface area (Å²) in [6.45, 7) is 4.75. The van der Waals surface area contributed by atoms with E-state index in [1.807, 2.05) is 41.4 Å². The third kappa shape index (κ3) is 5.15. The van der Waals surface area contributed by atoms with E-state index in [1.54, 1.807) is 7.11 Å². The number of rotatable bonds is 4. The summed E-state index contributed by atoms with van der Waals surface area (Å²) in [6, 6.07) is 10.7. The molecule has 1 aromatic heterocycles. The van der Waals surface area contributed by atoms with Crippen molar-refractivity contribution in [3.05, 3.63) is 42.4 Å². The molecule has 0 saturated carbocycles. The van der Waals surface area contributed by atoms with E-state index in [2.05, 4.69) is 29.2 Å². The molecule has 0 bridgehead atoms. The molecule has 2 aliphatic rings. The number of nitrogens with zero attached hydrogens (tertiary/aromatic N) is 4. The fourth-order valence-corrected chi connectivity index (χ4v) is 4.52. The van der Waals surface area contributed by atoms with E-state index in [0.717, 1.165) is 68.1 Å². The number of nitrogens with one attached hydrogen (secondary N) is 1. The highest BCUT2D eigenvalue weighted by atomic mass is 16.5. The average Bonchev–Trinajstić information content (AvgIpc) is 2.82. The lowest BCUT2D eigenvalue weighted by molar-refractivity contribution is 0.149. The summed E-state index contributed by atoms with van der Waals surface area (Å²) in [5.41, 5.74) is 1.97. The van der Waals surface area contributed by atoms with Crippen LogP contribution in [0, 0.1) is 0 Å². The number of hydrogen-bond acceptors (Lipinski definition) is 5. The first-order valence-corrected chi connectivity index (χ1v) is 11.3. The summed E-state index contributed by atoms with van der Waals surface area (Å²) >= 11 is 0. The number of ether oxygens (including phenoxy) is 1. The zero-order valence-electron chi connectivity index (χ0n) is 18.8. The average molecular weight is 424 g/mol. The maximum atomic E-state index is 12.7. The molecule has 0 radical (unpaired) electrons. The highest BCUT2D eigenvalue weighted by molar-refractivity contribution is 5.74. The predicted molar refractivity (Wildman–Crippen MR) is 121 cm³/mol. The van der Waals surface area contributed by atoms with E-state index in [9.17, 15) is 4.79 Å². The Balaban J connectivity index is 1.33. The van der Waals surface area contributed by atoms with Gasteiger partial charge in [-0.05, 0) is 70.0 Å². The number of benzene rings is 1. The maximum absolute atomic E-state index is 12.7. The Morgan fingerprint density at radius 3 is 2.52 bits per heavy atom. The molecule has 4 rings (SSSR count). The minimum atomic E-state index is 0.0769. The highest BCUT2D eigenvalue weighted by Gasteiger charge is 2.29. The Labute approximate surface area is 184 Å². The van der Waals surface area contributed by atoms with E-state index < -0.39 is 0 Å². The molecule has 2 atom stereocenters. The molecule has 166 valence electrons. The standard InChI is InChI=1S/C24H33N5O2/c1-17-16-20(11-13-28(17)2)26-24(30)29-14-9-19(10-15-29)23-25-12-8-22(27-23)18-4-6-21(31-3)7-5-18/h4-8,12,17,19-20H,9-11,13-16H2,1-3H3,(H,26,30). The molecule has 2 saturated heterocycles. The van der Waals surface area contributed by atoms with E-state index in [-0.39, 0.29) is 18.0 Å². The molecule has 2 amide bonds. The van der Waals surface area contributed by atoms with Crippen LogP contribution in [0.15, 0.2) is 36.5 Å². The van der Waals surface area contributed by atoms with Crippen LogP contribution in [0.4, 0.5) is 4.79 Å². The minimum absolute atomic E-state index is 0.0769. The largest absolute Gasteiger partial charge is 0.497 e. The van der Waals surface area contributed by atoms with Gasteiger partial charge in [0.25, 0.3) is 0 Å². The van der Waals surface area contributed by atoms with Crippen molar-refractivity contribution in [1.82, 2.24) is 25.1 Å². The van der Waals surface area contributed by atoms with Crippen LogP contribution in [0.3, 0.4) is 0 Å². The van der Waals surface area contributed by atoms with Gasteiger partial charge in [0.2, 0.25) is 0 Å². The predicted octanol–water partition coefficient (Wildman–Crippen LogP) is 3.52. The summed E-state index contributed by atoms with van der Waals surface area (Å²) in [5.74, 6) is 1.99. The van der Waals surface area contributed by atoms with Gasteiger partial charge in [-0.2, -0.15) is 0 Å². The smallest absolute Gasteiger partial charge is 0.317 e. The summed E-state index contributed by atoms with van der Waals surface area (Å²) in [4.78, 5) is 26.4. The molecule has 1 N–H and O–H groups in total. The van der Waals surface area contributed by atoms with Gasteiger partial charge in [0.1, 0.15) is 11.6 Å². The van der Waals surface area contributed by atoms with Gasteiger partial charge in [-0.3, -0.25) is 0 Å². The first kappa shape index (κ1) is 21.6. The van der Waals surface area contributed by atoms with Gasteiger partial charge in [0.05, 0.1) is 12.8 Å². The Morgan fingerprint density at radius 1 is 1.10 bits per heavy atom. The number of carbonyl (C=O) groups excluding carboxylic acids is 1. The van der Waals surface area contributed by atoms with Gasteiger partial charge >= 0.3 is 6.03 Å². The summed E-state index contributed by atoms with van der Waals surface area (Å²) in [5, 5.41) is 3.25. The zero-order valence-corrected chi connectivity index (χ0v) is 18.8. The molecule has 0 aliphatic carbocycles. The van der Waals surface area contributed by atoms with E-state index in [0.29, 0.717) is 6.04 Å². The van der Waals surface area contributed by atoms with E-state index in [4.69, 9.17) is 9.72 Å². The normalized spacial score (nSPS) is 22.9. The lowest BCUT2D eigenvalue weighted by Gasteiger charge is -2.37. The van der Waals surface area contributed by atoms with Crippen LogP contribution in [0.1, 0.15) is 44.3 Å². The highest BCUT2D eigenvalue weighted by Crippen LogP contribution is 2.28. The SMILES string of the molecule is COc1ccc(-c2ccnc(C3CCN(C(=O)NC4CCN(C)C(C)C4)CC3)n2)cc1. The Kier molecular flexibility index (Phi) is 6.70. The van der Waals surface area contributed by atoms with Crippen molar-refractivity contribution in [2.75, 3.05) is 33.8 Å². The van der Waals surface area contributed by atoms with Gasteiger partial charge in [-0.25, -0.2) is 14.8 Å². The molecule has 7 heteroatoms. The Morgan fingerprint density at radius 2 is 1.84 bits per heavy atom. The van der Waals surface area contributed by atoms with Crippen LogP contribution in [-0.2, 0) is 0 Å². The molecular formula is C24H33N5O2. The Bertz CT molecular complexity index is 880. The molecule has 1 aromatic carbocycles. The molecule has 7 nitrogen and oxygen atoms in total. The molecule has 2 fully saturated rings. The molecular weight excluding hydrogens is 390 g/mol. The summed E-state index contributed by atoms with van der Waals surface area (Å²) in [6.07, 6.45) is 5.66. The van der Waals surface area contributed by atoms with Crippen LogP contribution in [0.25, 0.3) is 11.3 Å². The first-order valence-electron chi connectivity index (χ1n) is 11.3. The quantitative estimate of drug-likeness (QED) is 0.815. The molecule has 3 heterocycles. The van der Waals surface area contributed by atoms with Crippen molar-refractivity contribution in [1.29, 1.82) is 0 Å². The fraction of sp³-hybridized carbons (Fsp3) is 0.542. The molecule has 2 unspecified atom stereocenters. The summed E-state index contributed by atoms with van der Waals surface area (Å²) < 4.78 is 5.24. The first-order chi connectivity index (χ1) is 15.0. The maximum Gasteiger partial charge on any atom is 0.317 e. The van der Waals surface area contributed by atoms with Crippen LogP contribution in [0.2, 0.25) is 0 Å². The van der Waals surface area contributed by atoms with E-state index in [1.165, 1.54) is 0 Å². The number of aromatic nitrogens is 2. The van der Waals surface area contributed by atoms with Crippen molar-refractivity contribution in [3.63, 3.8) is 0 Å². The third-order valence-electron chi connectivity index (χ3n) is 6.74. The van der Waals surface area contributed by atoms with Crippen molar-refractivity contribution in [3.8, 4) is 17.0 Å². The van der Waals surface area contributed by atoms with Crippen molar-refractivity contribution < 1.29 is 9.53 Å². The number of methoxy groups -OCH3 is 1. The van der Waals surface area contributed by atoms with Crippen LogP contribution in [0.5, 0.6) is 5.75 Å². The van der Waals surface area contributed by atoms with Crippen LogP contribution < -0.4 is 10.1 Å². The summed E-state index contributed by atoms with van der Waals surface area (Å²) in [7, 11) is 3.82. The zero-order chi connectivity index (χ0) is 21.8. The second kappa shape index (κ2) is 9.64. The molecule has 31 heavy (non-hydrogen) atoms. The van der Waals surface area contributed by atoms with Gasteiger partial charge < -0.3 is 19.9 Å². The topological polar surface area (TPSA) is 70.6 Å². The number of hydrogen-bond donors (Lipinski definition) is 1. The fourth-order valence-electron chi connectivity index (χ4n) is 4.52. The van der Waals surface area contributed by atoms with Crippen molar-refractivity contribution in [2.45, 2.75) is 50.6 Å².